The topological polar surface area (TPSA) is 52.7 Å². The third-order valence-electron chi connectivity index (χ3n) is 3.80. The van der Waals surface area contributed by atoms with Crippen molar-refractivity contribution in [1.29, 1.82) is 0 Å². The lowest BCUT2D eigenvalue weighted by Gasteiger charge is -2.32. The molecule has 1 N–H and O–H groups in total. The van der Waals surface area contributed by atoms with E-state index in [1.165, 1.54) is 6.92 Å². The highest BCUT2D eigenvalue weighted by atomic mass is 16.1. The van der Waals surface area contributed by atoms with E-state index in [0.717, 1.165) is 32.7 Å². The number of likely N-dealkylation sites (N-methyl/N-ethyl adjacent to an activating group) is 1. The molecule has 1 aliphatic heterocycles. The van der Waals surface area contributed by atoms with Gasteiger partial charge in [-0.1, -0.05) is 12.1 Å². The number of nitrogens with one attached hydrogen (secondary N) is 1. The number of piperazine rings is 1. The fourth-order valence-corrected chi connectivity index (χ4v) is 2.37. The highest BCUT2D eigenvalue weighted by Crippen LogP contribution is 2.11. The Bertz CT molecular complexity index is 508. The summed E-state index contributed by atoms with van der Waals surface area (Å²) in [7, 11) is 2.12. The molecule has 0 unspecified atom stereocenters. The van der Waals surface area contributed by atoms with Crippen LogP contribution in [0.25, 0.3) is 0 Å². The minimum absolute atomic E-state index is 0.00327. The second-order valence-electron chi connectivity index (χ2n) is 5.58. The van der Waals surface area contributed by atoms with Crippen LogP contribution in [0.4, 0.5) is 5.69 Å². The maximum atomic E-state index is 12.0. The van der Waals surface area contributed by atoms with Crippen LogP contribution in [0.2, 0.25) is 0 Å². The smallest absolute Gasteiger partial charge is 0.225 e. The summed E-state index contributed by atoms with van der Waals surface area (Å²) in [6, 6.07) is 7.06. The van der Waals surface area contributed by atoms with Gasteiger partial charge in [-0.25, -0.2) is 0 Å². The van der Waals surface area contributed by atoms with Gasteiger partial charge >= 0.3 is 0 Å². The molecule has 1 saturated heterocycles. The predicted octanol–water partition coefficient (Wildman–Crippen LogP) is 1.47. The van der Waals surface area contributed by atoms with Gasteiger partial charge in [0.2, 0.25) is 5.91 Å². The normalized spacial score (nSPS) is 16.7. The van der Waals surface area contributed by atoms with E-state index in [0.29, 0.717) is 17.7 Å². The fraction of sp³-hybridized carbons (Fsp3) is 0.500. The van der Waals surface area contributed by atoms with Crippen molar-refractivity contribution >= 4 is 17.4 Å². The predicted molar refractivity (Wildman–Crippen MR) is 83.6 cm³/mol. The van der Waals surface area contributed by atoms with E-state index >= 15 is 0 Å². The summed E-state index contributed by atoms with van der Waals surface area (Å²) in [4.78, 5) is 27.9. The number of ketones is 1. The van der Waals surface area contributed by atoms with Gasteiger partial charge in [0.25, 0.3) is 0 Å². The van der Waals surface area contributed by atoms with Gasteiger partial charge in [-0.3, -0.25) is 9.59 Å². The molecule has 0 saturated carbocycles. The second-order valence-corrected chi connectivity index (χ2v) is 5.58. The molecule has 1 heterocycles. The third-order valence-corrected chi connectivity index (χ3v) is 3.80. The molecule has 21 heavy (non-hydrogen) atoms. The van der Waals surface area contributed by atoms with Gasteiger partial charge in [-0.15, -0.1) is 0 Å². The zero-order valence-corrected chi connectivity index (χ0v) is 12.8. The Morgan fingerprint density at radius 2 is 1.90 bits per heavy atom. The summed E-state index contributed by atoms with van der Waals surface area (Å²) < 4.78 is 0. The molecule has 0 bridgehead atoms. The van der Waals surface area contributed by atoms with Crippen molar-refractivity contribution in [3.05, 3.63) is 29.8 Å². The van der Waals surface area contributed by atoms with Crippen molar-refractivity contribution in [2.75, 3.05) is 45.1 Å². The quantitative estimate of drug-likeness (QED) is 0.834. The monoisotopic (exact) mass is 289 g/mol. The van der Waals surface area contributed by atoms with E-state index in [-0.39, 0.29) is 11.7 Å². The number of Topliss-reactive ketones (excluding diaryl/α,β-unsaturated/α-hetero) is 1. The summed E-state index contributed by atoms with van der Waals surface area (Å²) in [6.45, 7) is 6.46. The lowest BCUT2D eigenvalue weighted by Crippen LogP contribution is -2.45. The molecule has 1 fully saturated rings. The summed E-state index contributed by atoms with van der Waals surface area (Å²) in [5.74, 6) is -0.00170. The Kier molecular flexibility index (Phi) is 5.47. The average molecular weight is 289 g/mol. The van der Waals surface area contributed by atoms with Crippen LogP contribution in [-0.4, -0.2) is 61.3 Å². The standard InChI is InChI=1S/C16H23N3O2/c1-13(20)14-4-3-5-15(12-14)17-16(21)6-7-19-10-8-18(2)9-11-19/h3-5,12H,6-11H2,1-2H3,(H,17,21). The molecular formula is C16H23N3O2. The number of rotatable bonds is 5. The molecule has 1 amide bonds. The number of hydrogen-bond donors (Lipinski definition) is 1. The van der Waals surface area contributed by atoms with Crippen LogP contribution in [0.5, 0.6) is 0 Å². The summed E-state index contributed by atoms with van der Waals surface area (Å²) in [5, 5.41) is 2.86. The number of amides is 1. The van der Waals surface area contributed by atoms with Gasteiger partial charge < -0.3 is 15.1 Å². The maximum Gasteiger partial charge on any atom is 0.225 e. The molecule has 1 aromatic rings. The molecular weight excluding hydrogens is 266 g/mol. The summed E-state index contributed by atoms with van der Waals surface area (Å²) in [6.07, 6.45) is 0.480. The molecule has 1 aliphatic rings. The second kappa shape index (κ2) is 7.33. The van der Waals surface area contributed by atoms with Crippen LogP contribution < -0.4 is 5.32 Å². The van der Waals surface area contributed by atoms with Gasteiger partial charge in [0.15, 0.2) is 5.78 Å². The molecule has 2 rings (SSSR count). The SMILES string of the molecule is CC(=O)c1cccc(NC(=O)CCN2CCN(C)CC2)c1. The highest BCUT2D eigenvalue weighted by Gasteiger charge is 2.14. The number of nitrogens with zero attached hydrogens (tertiary/aromatic N) is 2. The van der Waals surface area contributed by atoms with Crippen molar-refractivity contribution in [2.45, 2.75) is 13.3 Å². The van der Waals surface area contributed by atoms with Gasteiger partial charge in [0.1, 0.15) is 0 Å². The van der Waals surface area contributed by atoms with E-state index in [4.69, 9.17) is 0 Å². The molecule has 0 atom stereocenters. The summed E-state index contributed by atoms with van der Waals surface area (Å²) >= 11 is 0. The van der Waals surface area contributed by atoms with Crippen molar-refractivity contribution in [1.82, 2.24) is 9.80 Å². The molecule has 0 radical (unpaired) electrons. The van der Waals surface area contributed by atoms with Crippen LogP contribution in [0, 0.1) is 0 Å². The fourth-order valence-electron chi connectivity index (χ4n) is 2.37. The molecule has 0 spiro atoms. The van der Waals surface area contributed by atoms with E-state index < -0.39 is 0 Å². The van der Waals surface area contributed by atoms with Crippen LogP contribution in [0.3, 0.4) is 0 Å². The zero-order chi connectivity index (χ0) is 15.2. The molecule has 0 aromatic heterocycles. The van der Waals surface area contributed by atoms with E-state index in [1.807, 2.05) is 0 Å². The van der Waals surface area contributed by atoms with E-state index in [2.05, 4.69) is 22.2 Å². The first kappa shape index (κ1) is 15.7. The molecule has 0 aliphatic carbocycles. The number of benzene rings is 1. The Balaban J connectivity index is 1.79. The molecule has 5 heteroatoms. The lowest BCUT2D eigenvalue weighted by atomic mass is 10.1. The van der Waals surface area contributed by atoms with Crippen LogP contribution >= 0.6 is 0 Å². The Morgan fingerprint density at radius 3 is 2.57 bits per heavy atom. The maximum absolute atomic E-state index is 12.0. The van der Waals surface area contributed by atoms with Crippen LogP contribution in [-0.2, 0) is 4.79 Å². The summed E-state index contributed by atoms with van der Waals surface area (Å²) in [5.41, 5.74) is 1.30. The van der Waals surface area contributed by atoms with E-state index in [9.17, 15) is 9.59 Å². The molecule has 114 valence electrons. The van der Waals surface area contributed by atoms with Gasteiger partial charge in [-0.2, -0.15) is 0 Å². The number of carbonyl (C=O) groups excluding carboxylic acids is 2. The average Bonchev–Trinajstić information content (AvgIpc) is 2.47. The number of anilines is 1. The van der Waals surface area contributed by atoms with Crippen molar-refractivity contribution in [2.24, 2.45) is 0 Å². The number of hydrogen-bond acceptors (Lipinski definition) is 4. The first-order chi connectivity index (χ1) is 10.0. The third kappa shape index (κ3) is 4.95. The van der Waals surface area contributed by atoms with Crippen molar-refractivity contribution in [3.8, 4) is 0 Å². The van der Waals surface area contributed by atoms with Gasteiger partial charge in [0, 0.05) is 50.4 Å². The Labute approximate surface area is 125 Å². The molecule has 1 aromatic carbocycles. The Hall–Kier alpha value is -1.72. The largest absolute Gasteiger partial charge is 0.326 e. The van der Waals surface area contributed by atoms with Crippen LogP contribution in [0.1, 0.15) is 23.7 Å². The first-order valence-electron chi connectivity index (χ1n) is 7.36. The zero-order valence-electron chi connectivity index (χ0n) is 12.8. The van der Waals surface area contributed by atoms with Crippen molar-refractivity contribution in [3.63, 3.8) is 0 Å². The van der Waals surface area contributed by atoms with E-state index in [1.54, 1.807) is 24.3 Å². The Morgan fingerprint density at radius 1 is 1.19 bits per heavy atom. The van der Waals surface area contributed by atoms with Crippen LogP contribution in [0.15, 0.2) is 24.3 Å². The molecule has 5 nitrogen and oxygen atoms in total. The first-order valence-corrected chi connectivity index (χ1v) is 7.36. The number of carbonyl (C=O) groups is 2. The highest BCUT2D eigenvalue weighted by molar-refractivity contribution is 5.97. The minimum atomic E-state index is -0.00497. The lowest BCUT2D eigenvalue weighted by molar-refractivity contribution is -0.116. The minimum Gasteiger partial charge on any atom is -0.326 e. The van der Waals surface area contributed by atoms with Crippen molar-refractivity contribution < 1.29 is 9.59 Å². The van der Waals surface area contributed by atoms with Gasteiger partial charge in [-0.05, 0) is 26.1 Å². The van der Waals surface area contributed by atoms with Gasteiger partial charge in [0.05, 0.1) is 0 Å².